The summed E-state index contributed by atoms with van der Waals surface area (Å²) in [7, 11) is 0. The van der Waals surface area contributed by atoms with Gasteiger partial charge in [0, 0.05) is 23.9 Å². The van der Waals surface area contributed by atoms with Crippen LogP contribution in [0.2, 0.25) is 0 Å². The standard InChI is InChI=1S/C16H23NO2/c1-4-8-14(15-9-6-7-10-17-15)11-13(3)12-16(18)19-5-2/h6-7,9-10,12,14H,4-5,8,11H2,1-3H3/b13-12-. The number of aromatic nitrogens is 1. The minimum Gasteiger partial charge on any atom is -0.463 e. The number of rotatable bonds is 7. The van der Waals surface area contributed by atoms with Gasteiger partial charge in [-0.05, 0) is 38.8 Å². The Hall–Kier alpha value is -1.64. The Bertz CT molecular complexity index is 412. The second-order valence-electron chi connectivity index (χ2n) is 4.69. The van der Waals surface area contributed by atoms with Crippen LogP contribution in [0.3, 0.4) is 0 Å². The highest BCUT2D eigenvalue weighted by atomic mass is 16.5. The van der Waals surface area contributed by atoms with E-state index >= 15 is 0 Å². The molecule has 0 aliphatic carbocycles. The maximum Gasteiger partial charge on any atom is 0.330 e. The Labute approximate surface area is 115 Å². The lowest BCUT2D eigenvalue weighted by atomic mass is 9.92. The summed E-state index contributed by atoms with van der Waals surface area (Å²) in [4.78, 5) is 15.8. The van der Waals surface area contributed by atoms with Gasteiger partial charge in [0.05, 0.1) is 6.61 Å². The molecule has 3 heteroatoms. The van der Waals surface area contributed by atoms with Crippen LogP contribution in [-0.4, -0.2) is 17.6 Å². The topological polar surface area (TPSA) is 39.2 Å². The zero-order valence-corrected chi connectivity index (χ0v) is 12.1. The number of carbonyl (C=O) groups is 1. The first-order valence-electron chi connectivity index (χ1n) is 6.92. The monoisotopic (exact) mass is 261 g/mol. The SMILES string of the molecule is CCCC(C/C(C)=C\C(=O)OCC)c1ccccn1. The molecule has 0 spiro atoms. The van der Waals surface area contributed by atoms with Crippen LogP contribution in [0, 0.1) is 0 Å². The first-order valence-corrected chi connectivity index (χ1v) is 6.92. The number of nitrogens with zero attached hydrogens (tertiary/aromatic N) is 1. The van der Waals surface area contributed by atoms with E-state index in [1.165, 1.54) is 0 Å². The first kappa shape index (κ1) is 15.4. The van der Waals surface area contributed by atoms with Crippen molar-refractivity contribution in [3.63, 3.8) is 0 Å². The number of hydrogen-bond acceptors (Lipinski definition) is 3. The predicted octanol–water partition coefficient (Wildman–Crippen LogP) is 3.86. The van der Waals surface area contributed by atoms with E-state index in [2.05, 4.69) is 18.0 Å². The van der Waals surface area contributed by atoms with E-state index in [4.69, 9.17) is 4.74 Å². The summed E-state index contributed by atoms with van der Waals surface area (Å²) >= 11 is 0. The minimum atomic E-state index is -0.253. The van der Waals surface area contributed by atoms with Crippen LogP contribution in [0.1, 0.15) is 51.6 Å². The van der Waals surface area contributed by atoms with Crippen LogP contribution >= 0.6 is 0 Å². The molecule has 0 aliphatic heterocycles. The lowest BCUT2D eigenvalue weighted by Gasteiger charge is -2.15. The molecule has 0 saturated heterocycles. The molecule has 0 aromatic carbocycles. The van der Waals surface area contributed by atoms with Gasteiger partial charge >= 0.3 is 5.97 Å². The fourth-order valence-electron chi connectivity index (χ4n) is 2.15. The Balaban J connectivity index is 2.71. The van der Waals surface area contributed by atoms with Crippen molar-refractivity contribution >= 4 is 5.97 Å². The van der Waals surface area contributed by atoms with E-state index in [9.17, 15) is 4.79 Å². The van der Waals surface area contributed by atoms with E-state index < -0.39 is 0 Å². The lowest BCUT2D eigenvalue weighted by molar-refractivity contribution is -0.137. The molecule has 0 fully saturated rings. The van der Waals surface area contributed by atoms with Crippen molar-refractivity contribution in [3.05, 3.63) is 41.7 Å². The molecule has 1 aromatic heterocycles. The maximum absolute atomic E-state index is 11.4. The summed E-state index contributed by atoms with van der Waals surface area (Å²) in [6.07, 6.45) is 6.44. The van der Waals surface area contributed by atoms with Crippen LogP contribution in [0.25, 0.3) is 0 Å². The first-order chi connectivity index (χ1) is 9.17. The molecule has 3 nitrogen and oxygen atoms in total. The van der Waals surface area contributed by atoms with E-state index in [1.54, 1.807) is 6.08 Å². The summed E-state index contributed by atoms with van der Waals surface area (Å²) < 4.78 is 4.93. The van der Waals surface area contributed by atoms with Gasteiger partial charge in [0.1, 0.15) is 0 Å². The van der Waals surface area contributed by atoms with Crippen molar-refractivity contribution in [2.24, 2.45) is 0 Å². The van der Waals surface area contributed by atoms with Gasteiger partial charge in [-0.25, -0.2) is 4.79 Å². The maximum atomic E-state index is 11.4. The Kier molecular flexibility index (Phi) is 6.86. The summed E-state index contributed by atoms with van der Waals surface area (Å²) in [6.45, 7) is 6.37. The number of esters is 1. The fourth-order valence-corrected chi connectivity index (χ4v) is 2.15. The van der Waals surface area contributed by atoms with E-state index in [0.717, 1.165) is 30.5 Å². The van der Waals surface area contributed by atoms with Gasteiger partial charge in [-0.1, -0.05) is 25.0 Å². The minimum absolute atomic E-state index is 0.253. The van der Waals surface area contributed by atoms with Crippen molar-refractivity contribution in [3.8, 4) is 0 Å². The molecular formula is C16H23NO2. The lowest BCUT2D eigenvalue weighted by Crippen LogP contribution is -2.04. The molecule has 104 valence electrons. The van der Waals surface area contributed by atoms with Crippen molar-refractivity contribution in [2.75, 3.05) is 6.61 Å². The molecule has 1 rings (SSSR count). The second-order valence-corrected chi connectivity index (χ2v) is 4.69. The molecule has 0 amide bonds. The zero-order valence-electron chi connectivity index (χ0n) is 12.1. The molecule has 1 atom stereocenters. The van der Waals surface area contributed by atoms with Gasteiger partial charge < -0.3 is 4.74 Å². The molecule has 1 unspecified atom stereocenters. The van der Waals surface area contributed by atoms with Gasteiger partial charge in [0.15, 0.2) is 0 Å². The van der Waals surface area contributed by atoms with Gasteiger partial charge in [-0.3, -0.25) is 4.98 Å². The molecule has 1 heterocycles. The number of pyridine rings is 1. The van der Waals surface area contributed by atoms with E-state index in [-0.39, 0.29) is 5.97 Å². The smallest absolute Gasteiger partial charge is 0.330 e. The Morgan fingerprint density at radius 3 is 2.79 bits per heavy atom. The number of hydrogen-bond donors (Lipinski definition) is 0. The summed E-state index contributed by atoms with van der Waals surface area (Å²) in [5.41, 5.74) is 2.14. The van der Waals surface area contributed by atoms with Crippen molar-refractivity contribution in [1.29, 1.82) is 0 Å². The third kappa shape index (κ3) is 5.69. The molecule has 0 N–H and O–H groups in total. The number of ether oxygens (including phenoxy) is 1. The quantitative estimate of drug-likeness (QED) is 0.552. The largest absolute Gasteiger partial charge is 0.463 e. The number of carbonyl (C=O) groups excluding carboxylic acids is 1. The van der Waals surface area contributed by atoms with Gasteiger partial charge in [-0.15, -0.1) is 0 Å². The van der Waals surface area contributed by atoms with Crippen LogP contribution in [0.4, 0.5) is 0 Å². The second kappa shape index (κ2) is 8.46. The van der Waals surface area contributed by atoms with Gasteiger partial charge in [0.25, 0.3) is 0 Å². The molecule has 0 bridgehead atoms. The average Bonchev–Trinajstić information content (AvgIpc) is 2.39. The highest BCUT2D eigenvalue weighted by molar-refractivity contribution is 5.82. The third-order valence-corrected chi connectivity index (χ3v) is 2.96. The van der Waals surface area contributed by atoms with Crippen molar-refractivity contribution in [2.45, 2.75) is 46.0 Å². The molecule has 1 aromatic rings. The predicted molar refractivity (Wildman–Crippen MR) is 76.9 cm³/mol. The van der Waals surface area contributed by atoms with Crippen LogP contribution in [-0.2, 0) is 9.53 Å². The molecule has 19 heavy (non-hydrogen) atoms. The fraction of sp³-hybridized carbons (Fsp3) is 0.500. The summed E-state index contributed by atoms with van der Waals surface area (Å²) in [5.74, 6) is 0.119. The van der Waals surface area contributed by atoms with E-state index in [1.807, 2.05) is 32.2 Å². The zero-order chi connectivity index (χ0) is 14.1. The molecule has 0 radical (unpaired) electrons. The van der Waals surface area contributed by atoms with Gasteiger partial charge in [0.2, 0.25) is 0 Å². The molecular weight excluding hydrogens is 238 g/mol. The van der Waals surface area contributed by atoms with E-state index in [0.29, 0.717) is 12.5 Å². The Morgan fingerprint density at radius 1 is 1.42 bits per heavy atom. The highest BCUT2D eigenvalue weighted by Crippen LogP contribution is 2.26. The molecule has 0 saturated carbocycles. The van der Waals surface area contributed by atoms with Crippen molar-refractivity contribution in [1.82, 2.24) is 4.98 Å². The van der Waals surface area contributed by atoms with Crippen LogP contribution in [0.5, 0.6) is 0 Å². The normalized spacial score (nSPS) is 13.1. The van der Waals surface area contributed by atoms with Crippen LogP contribution < -0.4 is 0 Å². The van der Waals surface area contributed by atoms with Crippen molar-refractivity contribution < 1.29 is 9.53 Å². The average molecular weight is 261 g/mol. The molecule has 0 aliphatic rings. The summed E-state index contributed by atoms with van der Waals surface area (Å²) in [6, 6.07) is 5.99. The third-order valence-electron chi connectivity index (χ3n) is 2.96. The van der Waals surface area contributed by atoms with Crippen LogP contribution in [0.15, 0.2) is 36.0 Å². The Morgan fingerprint density at radius 2 is 2.21 bits per heavy atom. The number of allylic oxidation sites excluding steroid dienone is 1. The highest BCUT2D eigenvalue weighted by Gasteiger charge is 2.13. The summed E-state index contributed by atoms with van der Waals surface area (Å²) in [5, 5.41) is 0. The van der Waals surface area contributed by atoms with Gasteiger partial charge in [-0.2, -0.15) is 0 Å².